The lowest BCUT2D eigenvalue weighted by Crippen LogP contribution is -2.25. The Morgan fingerprint density at radius 2 is 1.42 bits per heavy atom. The molecule has 5 heteroatoms. The quantitative estimate of drug-likeness (QED) is 0.287. The van der Waals surface area contributed by atoms with E-state index in [4.69, 9.17) is 22.9 Å². The Morgan fingerprint density at radius 1 is 0.750 bits per heavy atom. The topological polar surface area (TPSA) is 124 Å². The summed E-state index contributed by atoms with van der Waals surface area (Å²) in [5.74, 6) is 3.72. The highest BCUT2D eigenvalue weighted by molar-refractivity contribution is 5.85. The van der Waals surface area contributed by atoms with Crippen molar-refractivity contribution in [2.45, 2.75) is 84.0 Å². The molecule has 0 aliphatic heterocycles. The Hall–Kier alpha value is -2.24. The normalized spacial score (nSPS) is 24.6. The number of benzene rings is 2. The molecule has 0 atom stereocenters. The number of hydrogen-bond acceptors (Lipinski definition) is 5. The molecule has 2 saturated carbocycles. The Kier molecular flexibility index (Phi) is 9.19. The summed E-state index contributed by atoms with van der Waals surface area (Å²) in [6.07, 6.45) is 14.9. The van der Waals surface area contributed by atoms with E-state index in [2.05, 4.69) is 25.1 Å². The first-order valence-corrected chi connectivity index (χ1v) is 14.3. The zero-order chi connectivity index (χ0) is 25.7. The molecule has 0 aromatic heterocycles. The summed E-state index contributed by atoms with van der Waals surface area (Å²) in [5, 5.41) is 9.79. The fourth-order valence-electron chi connectivity index (χ4n) is 6.93. The number of rotatable bonds is 9. The van der Waals surface area contributed by atoms with Crippen LogP contribution in [0.2, 0.25) is 0 Å². The Morgan fingerprint density at radius 3 is 2.06 bits per heavy atom. The lowest BCUT2D eigenvalue weighted by Gasteiger charge is -2.37. The van der Waals surface area contributed by atoms with Gasteiger partial charge in [-0.2, -0.15) is 0 Å². The summed E-state index contributed by atoms with van der Waals surface area (Å²) >= 11 is 0. The average Bonchev–Trinajstić information content (AvgIpc) is 2.86. The van der Waals surface area contributed by atoms with Crippen LogP contribution >= 0.6 is 0 Å². The third kappa shape index (κ3) is 6.36. The summed E-state index contributed by atoms with van der Waals surface area (Å²) in [5.41, 5.74) is 31.9. The molecule has 198 valence electrons. The van der Waals surface area contributed by atoms with E-state index in [1.165, 1.54) is 63.4 Å². The second-order valence-electron chi connectivity index (χ2n) is 11.7. The van der Waals surface area contributed by atoms with Gasteiger partial charge in [0.1, 0.15) is 0 Å². The molecule has 2 fully saturated rings. The molecule has 0 bridgehead atoms. The van der Waals surface area contributed by atoms with E-state index in [0.29, 0.717) is 30.8 Å². The lowest BCUT2D eigenvalue weighted by molar-refractivity contribution is 0.148. The van der Waals surface area contributed by atoms with Crippen LogP contribution in [0, 0.1) is 23.7 Å². The number of aliphatic hydroxyl groups is 1. The molecule has 0 heterocycles. The second kappa shape index (κ2) is 12.3. The van der Waals surface area contributed by atoms with Gasteiger partial charge < -0.3 is 28.0 Å². The van der Waals surface area contributed by atoms with E-state index >= 15 is 0 Å². The van der Waals surface area contributed by atoms with E-state index in [9.17, 15) is 5.11 Å². The average molecular weight is 493 g/mol. The van der Waals surface area contributed by atoms with Crippen molar-refractivity contribution in [3.8, 4) is 11.1 Å². The summed E-state index contributed by atoms with van der Waals surface area (Å²) in [4.78, 5) is 0. The van der Waals surface area contributed by atoms with E-state index in [1.54, 1.807) is 0 Å². The molecule has 2 aliphatic carbocycles. The van der Waals surface area contributed by atoms with Crippen molar-refractivity contribution in [1.29, 1.82) is 0 Å². The van der Waals surface area contributed by atoms with Crippen molar-refractivity contribution in [3.63, 3.8) is 0 Å². The number of nitrogens with two attached hydrogens (primary N) is 4. The molecule has 4 rings (SSSR count). The van der Waals surface area contributed by atoms with Crippen LogP contribution < -0.4 is 22.9 Å². The van der Waals surface area contributed by atoms with Crippen LogP contribution in [0.15, 0.2) is 24.3 Å². The molecule has 2 aromatic carbocycles. The second-order valence-corrected chi connectivity index (χ2v) is 11.7. The molecule has 0 saturated heterocycles. The predicted octanol–water partition coefficient (Wildman–Crippen LogP) is 5.70. The SMILES string of the molecule is CC1CCC(C2CCC(CCc3cc(N)c(-c4cc(N)c(N)c(CCN)c4)c(CCO)c3)CC2)CC1. The van der Waals surface area contributed by atoms with Crippen molar-refractivity contribution in [1.82, 2.24) is 0 Å². The van der Waals surface area contributed by atoms with Gasteiger partial charge in [0.05, 0.1) is 11.4 Å². The van der Waals surface area contributed by atoms with Gasteiger partial charge in [0.25, 0.3) is 0 Å². The molecule has 36 heavy (non-hydrogen) atoms. The molecular formula is C31H48N4O. The molecule has 0 spiro atoms. The monoisotopic (exact) mass is 492 g/mol. The van der Waals surface area contributed by atoms with E-state index in [-0.39, 0.29) is 6.61 Å². The number of aryl methyl sites for hydroxylation is 1. The molecule has 5 nitrogen and oxygen atoms in total. The van der Waals surface area contributed by atoms with Gasteiger partial charge in [0.15, 0.2) is 0 Å². The van der Waals surface area contributed by atoms with Gasteiger partial charge in [-0.1, -0.05) is 38.7 Å². The number of hydrogen-bond donors (Lipinski definition) is 5. The maximum Gasteiger partial charge on any atom is 0.0581 e. The highest BCUT2D eigenvalue weighted by Crippen LogP contribution is 2.42. The molecule has 0 unspecified atom stereocenters. The van der Waals surface area contributed by atoms with Gasteiger partial charge in [-0.25, -0.2) is 0 Å². The summed E-state index contributed by atoms with van der Waals surface area (Å²) in [6, 6.07) is 8.31. The number of anilines is 3. The van der Waals surface area contributed by atoms with E-state index in [0.717, 1.165) is 58.0 Å². The third-order valence-electron chi connectivity index (χ3n) is 9.15. The first-order chi connectivity index (χ1) is 17.4. The highest BCUT2D eigenvalue weighted by atomic mass is 16.2. The Labute approximate surface area is 218 Å². The third-order valence-corrected chi connectivity index (χ3v) is 9.15. The maximum absolute atomic E-state index is 9.79. The standard InChI is InChI=1S/C31H48N4O/c1-20-2-8-23(9-3-20)24-10-6-21(7-11-24)4-5-22-16-25(13-15-36)30(28(33)17-22)27-18-26(12-14-32)31(35)29(34)19-27/h16-21,23-24,36H,2-15,32-35H2,1H3. The van der Waals surface area contributed by atoms with Crippen molar-refractivity contribution >= 4 is 17.1 Å². The van der Waals surface area contributed by atoms with Gasteiger partial charge in [0.2, 0.25) is 0 Å². The summed E-state index contributed by atoms with van der Waals surface area (Å²) < 4.78 is 0. The van der Waals surface area contributed by atoms with Crippen LogP contribution in [-0.4, -0.2) is 18.3 Å². The molecule has 9 N–H and O–H groups in total. The van der Waals surface area contributed by atoms with Gasteiger partial charge in [-0.3, -0.25) is 0 Å². The minimum Gasteiger partial charge on any atom is -0.398 e. The van der Waals surface area contributed by atoms with Crippen molar-refractivity contribution < 1.29 is 5.11 Å². The lowest BCUT2D eigenvalue weighted by atomic mass is 9.69. The summed E-state index contributed by atoms with van der Waals surface area (Å²) in [6.45, 7) is 3.01. The first-order valence-electron chi connectivity index (χ1n) is 14.3. The van der Waals surface area contributed by atoms with Crippen LogP contribution in [-0.2, 0) is 19.3 Å². The molecule has 0 radical (unpaired) electrons. The Bertz CT molecular complexity index is 1000. The summed E-state index contributed by atoms with van der Waals surface area (Å²) in [7, 11) is 0. The highest BCUT2D eigenvalue weighted by Gasteiger charge is 2.29. The first kappa shape index (κ1) is 26.8. The smallest absolute Gasteiger partial charge is 0.0581 e. The van der Waals surface area contributed by atoms with Crippen LogP contribution in [0.25, 0.3) is 11.1 Å². The van der Waals surface area contributed by atoms with Crippen LogP contribution in [0.1, 0.15) is 81.4 Å². The van der Waals surface area contributed by atoms with Gasteiger partial charge >= 0.3 is 0 Å². The minimum atomic E-state index is 0.0833. The van der Waals surface area contributed by atoms with Gasteiger partial charge in [-0.05, 0) is 122 Å². The maximum atomic E-state index is 9.79. The fraction of sp³-hybridized carbons (Fsp3) is 0.613. The molecular weight excluding hydrogens is 444 g/mol. The van der Waals surface area contributed by atoms with Gasteiger partial charge in [0, 0.05) is 17.9 Å². The Balaban J connectivity index is 1.43. The van der Waals surface area contributed by atoms with Crippen LogP contribution in [0.5, 0.6) is 0 Å². The van der Waals surface area contributed by atoms with E-state index < -0.39 is 0 Å². The minimum absolute atomic E-state index is 0.0833. The number of nitrogen functional groups attached to an aromatic ring is 3. The predicted molar refractivity (Wildman–Crippen MR) is 154 cm³/mol. The van der Waals surface area contributed by atoms with Gasteiger partial charge in [-0.15, -0.1) is 0 Å². The molecule has 2 aliphatic rings. The van der Waals surface area contributed by atoms with Crippen molar-refractivity contribution in [2.24, 2.45) is 29.4 Å². The van der Waals surface area contributed by atoms with Crippen LogP contribution in [0.3, 0.4) is 0 Å². The van der Waals surface area contributed by atoms with E-state index in [1.807, 2.05) is 6.07 Å². The zero-order valence-electron chi connectivity index (χ0n) is 22.3. The largest absolute Gasteiger partial charge is 0.398 e. The number of aliphatic hydroxyl groups excluding tert-OH is 1. The zero-order valence-corrected chi connectivity index (χ0v) is 22.3. The van der Waals surface area contributed by atoms with Crippen molar-refractivity contribution in [3.05, 3.63) is 41.0 Å². The van der Waals surface area contributed by atoms with Crippen LogP contribution in [0.4, 0.5) is 17.1 Å². The molecule has 0 amide bonds. The van der Waals surface area contributed by atoms with Crippen molar-refractivity contribution in [2.75, 3.05) is 30.4 Å². The fourth-order valence-corrected chi connectivity index (χ4v) is 6.93. The molecule has 2 aromatic rings.